The van der Waals surface area contributed by atoms with Crippen molar-refractivity contribution in [1.82, 2.24) is 20.2 Å². The number of aliphatic hydroxyl groups is 1. The molecule has 1 atom stereocenters. The van der Waals surface area contributed by atoms with Crippen LogP contribution in [0.15, 0.2) is 48.5 Å². The van der Waals surface area contributed by atoms with Crippen LogP contribution in [0.1, 0.15) is 11.1 Å². The van der Waals surface area contributed by atoms with E-state index >= 15 is 0 Å². The normalized spacial score (nSPS) is 12.1. The van der Waals surface area contributed by atoms with E-state index in [9.17, 15) is 5.11 Å². The first-order chi connectivity index (χ1) is 11.6. The number of hydrogen-bond acceptors (Lipinski definition) is 5. The Kier molecular flexibility index (Phi) is 4.86. The summed E-state index contributed by atoms with van der Waals surface area (Å²) >= 11 is 0. The number of aliphatic hydroxyl groups excluding tert-OH is 1. The molecule has 0 bridgehead atoms. The van der Waals surface area contributed by atoms with Crippen LogP contribution in [0.25, 0.3) is 11.4 Å². The van der Waals surface area contributed by atoms with Crippen molar-refractivity contribution in [1.29, 1.82) is 0 Å². The van der Waals surface area contributed by atoms with Gasteiger partial charge < -0.3 is 9.84 Å². The molecule has 0 radical (unpaired) electrons. The van der Waals surface area contributed by atoms with E-state index in [1.165, 1.54) is 10.4 Å². The molecule has 6 nitrogen and oxygen atoms in total. The van der Waals surface area contributed by atoms with Crippen molar-refractivity contribution < 1.29 is 9.84 Å². The lowest BCUT2D eigenvalue weighted by molar-refractivity contribution is 0.0847. The molecular weight excluding hydrogens is 304 g/mol. The lowest BCUT2D eigenvalue weighted by Gasteiger charge is -2.13. The predicted octanol–water partition coefficient (Wildman–Crippen LogP) is 2.40. The fraction of sp³-hybridized carbons (Fsp3) is 0.278. The van der Waals surface area contributed by atoms with Gasteiger partial charge in [0.15, 0.2) is 0 Å². The molecular formula is C18H20N4O2. The molecule has 2 aromatic carbocycles. The largest absolute Gasteiger partial charge is 0.491 e. The van der Waals surface area contributed by atoms with Crippen LogP contribution < -0.4 is 4.74 Å². The van der Waals surface area contributed by atoms with Crippen molar-refractivity contribution in [3.8, 4) is 17.1 Å². The van der Waals surface area contributed by atoms with Gasteiger partial charge in [-0.1, -0.05) is 48.0 Å². The summed E-state index contributed by atoms with van der Waals surface area (Å²) in [4.78, 5) is 1.39. The molecule has 3 rings (SSSR count). The zero-order valence-corrected chi connectivity index (χ0v) is 13.8. The lowest BCUT2D eigenvalue weighted by Crippen LogP contribution is -2.25. The van der Waals surface area contributed by atoms with Crippen molar-refractivity contribution >= 4 is 0 Å². The van der Waals surface area contributed by atoms with E-state index in [-0.39, 0.29) is 13.2 Å². The summed E-state index contributed by atoms with van der Waals surface area (Å²) in [5, 5.41) is 22.4. The van der Waals surface area contributed by atoms with Crippen LogP contribution in [0.5, 0.6) is 5.75 Å². The molecule has 0 aliphatic carbocycles. The van der Waals surface area contributed by atoms with Crippen molar-refractivity contribution in [2.24, 2.45) is 0 Å². The summed E-state index contributed by atoms with van der Waals surface area (Å²) < 4.78 is 5.68. The van der Waals surface area contributed by atoms with Crippen LogP contribution in [-0.4, -0.2) is 38.0 Å². The van der Waals surface area contributed by atoms with Gasteiger partial charge in [0.25, 0.3) is 0 Å². The minimum absolute atomic E-state index is 0.173. The van der Waals surface area contributed by atoms with Gasteiger partial charge in [-0.15, -0.1) is 10.2 Å². The Balaban J connectivity index is 1.57. The molecule has 0 fully saturated rings. The number of tetrazole rings is 1. The number of hydrogen-bond donors (Lipinski definition) is 1. The third-order valence-corrected chi connectivity index (χ3v) is 3.62. The highest BCUT2D eigenvalue weighted by atomic mass is 16.5. The molecule has 0 saturated heterocycles. The van der Waals surface area contributed by atoms with Crippen LogP contribution in [0.4, 0.5) is 0 Å². The molecule has 1 unspecified atom stereocenters. The van der Waals surface area contributed by atoms with E-state index in [4.69, 9.17) is 4.74 Å². The van der Waals surface area contributed by atoms with Crippen molar-refractivity contribution in [3.63, 3.8) is 0 Å². The summed E-state index contributed by atoms with van der Waals surface area (Å²) in [5.41, 5.74) is 3.12. The quantitative estimate of drug-likeness (QED) is 0.754. The molecule has 0 amide bonds. The second kappa shape index (κ2) is 7.23. The molecule has 124 valence electrons. The molecule has 0 spiro atoms. The third-order valence-electron chi connectivity index (χ3n) is 3.62. The Morgan fingerprint density at radius 2 is 1.92 bits per heavy atom. The summed E-state index contributed by atoms with van der Waals surface area (Å²) in [6, 6.07) is 15.6. The molecule has 6 heteroatoms. The van der Waals surface area contributed by atoms with Gasteiger partial charge in [-0.05, 0) is 30.7 Å². The number of rotatable bonds is 6. The van der Waals surface area contributed by atoms with Crippen LogP contribution >= 0.6 is 0 Å². The number of aromatic nitrogens is 4. The van der Waals surface area contributed by atoms with Gasteiger partial charge in [0.1, 0.15) is 18.5 Å². The average Bonchev–Trinajstić information content (AvgIpc) is 3.03. The van der Waals surface area contributed by atoms with Gasteiger partial charge in [0.05, 0.1) is 6.54 Å². The summed E-state index contributed by atoms with van der Waals surface area (Å²) in [5.74, 6) is 1.31. The molecule has 1 heterocycles. The zero-order chi connectivity index (χ0) is 16.9. The van der Waals surface area contributed by atoms with Crippen LogP contribution in [0, 0.1) is 13.8 Å². The summed E-state index contributed by atoms with van der Waals surface area (Å²) in [6.07, 6.45) is -0.719. The highest BCUT2D eigenvalue weighted by Crippen LogP contribution is 2.19. The van der Waals surface area contributed by atoms with Crippen LogP contribution in [-0.2, 0) is 6.54 Å². The van der Waals surface area contributed by atoms with Crippen LogP contribution in [0.2, 0.25) is 0 Å². The standard InChI is InChI=1S/C18H20N4O2/c1-13-8-9-17(14(2)10-13)24-12-16(23)11-22-20-18(19-21-22)15-6-4-3-5-7-15/h3-10,16,23H,11-12H2,1-2H3. The molecule has 1 N–H and O–H groups in total. The monoisotopic (exact) mass is 324 g/mol. The highest BCUT2D eigenvalue weighted by Gasteiger charge is 2.11. The Bertz CT molecular complexity index is 802. The molecule has 0 aliphatic rings. The Morgan fingerprint density at radius 1 is 1.12 bits per heavy atom. The van der Waals surface area contributed by atoms with Gasteiger partial charge in [0, 0.05) is 5.56 Å². The lowest BCUT2D eigenvalue weighted by atomic mass is 10.1. The Labute approximate surface area is 140 Å². The fourth-order valence-corrected chi connectivity index (χ4v) is 2.41. The summed E-state index contributed by atoms with van der Waals surface area (Å²) in [6.45, 7) is 4.42. The maximum Gasteiger partial charge on any atom is 0.204 e. The first-order valence-corrected chi connectivity index (χ1v) is 7.83. The molecule has 24 heavy (non-hydrogen) atoms. The molecule has 3 aromatic rings. The van der Waals surface area contributed by atoms with E-state index in [0.29, 0.717) is 5.82 Å². The Hall–Kier alpha value is -2.73. The van der Waals surface area contributed by atoms with Gasteiger partial charge >= 0.3 is 0 Å². The topological polar surface area (TPSA) is 73.1 Å². The SMILES string of the molecule is Cc1ccc(OCC(O)Cn2nnc(-c3ccccc3)n2)c(C)c1. The third kappa shape index (κ3) is 3.97. The molecule has 1 aromatic heterocycles. The minimum Gasteiger partial charge on any atom is -0.491 e. The molecule has 0 saturated carbocycles. The first-order valence-electron chi connectivity index (χ1n) is 7.83. The Morgan fingerprint density at radius 3 is 2.67 bits per heavy atom. The van der Waals surface area contributed by atoms with Gasteiger partial charge in [-0.25, -0.2) is 0 Å². The average molecular weight is 324 g/mol. The maximum absolute atomic E-state index is 10.1. The van der Waals surface area contributed by atoms with Gasteiger partial charge in [-0.3, -0.25) is 0 Å². The van der Waals surface area contributed by atoms with Crippen molar-refractivity contribution in [2.75, 3.05) is 6.61 Å². The van der Waals surface area contributed by atoms with E-state index in [1.54, 1.807) is 0 Å². The first kappa shape index (κ1) is 16.1. The van der Waals surface area contributed by atoms with E-state index in [1.807, 2.05) is 62.4 Å². The number of ether oxygens (including phenoxy) is 1. The van der Waals surface area contributed by atoms with E-state index < -0.39 is 6.10 Å². The van der Waals surface area contributed by atoms with Gasteiger partial charge in [0.2, 0.25) is 5.82 Å². The van der Waals surface area contributed by atoms with Gasteiger partial charge in [-0.2, -0.15) is 4.80 Å². The zero-order valence-electron chi connectivity index (χ0n) is 13.8. The number of benzene rings is 2. The smallest absolute Gasteiger partial charge is 0.204 e. The highest BCUT2D eigenvalue weighted by molar-refractivity contribution is 5.52. The van der Waals surface area contributed by atoms with E-state index in [2.05, 4.69) is 15.4 Å². The number of aryl methyl sites for hydroxylation is 2. The predicted molar refractivity (Wildman–Crippen MR) is 90.7 cm³/mol. The van der Waals surface area contributed by atoms with Crippen molar-refractivity contribution in [3.05, 3.63) is 59.7 Å². The second-order valence-electron chi connectivity index (χ2n) is 5.77. The molecule has 0 aliphatic heterocycles. The summed E-state index contributed by atoms with van der Waals surface area (Å²) in [7, 11) is 0. The minimum atomic E-state index is -0.719. The fourth-order valence-electron chi connectivity index (χ4n) is 2.41. The van der Waals surface area contributed by atoms with Crippen LogP contribution in [0.3, 0.4) is 0 Å². The second-order valence-corrected chi connectivity index (χ2v) is 5.77. The van der Waals surface area contributed by atoms with Crippen molar-refractivity contribution in [2.45, 2.75) is 26.5 Å². The maximum atomic E-state index is 10.1. The van der Waals surface area contributed by atoms with E-state index in [0.717, 1.165) is 16.9 Å². The number of nitrogens with zero attached hydrogens (tertiary/aromatic N) is 4.